The van der Waals surface area contributed by atoms with Gasteiger partial charge in [-0.15, -0.1) is 0 Å². The molecule has 0 amide bonds. The first-order valence-corrected chi connectivity index (χ1v) is 20.0. The minimum absolute atomic E-state index is 0.0768. The van der Waals surface area contributed by atoms with Crippen LogP contribution in [-0.4, -0.2) is 110 Å². The Morgan fingerprint density at radius 3 is 2.21 bits per heavy atom. The Morgan fingerprint density at radius 1 is 0.914 bits per heavy atom. The number of esters is 1. The van der Waals surface area contributed by atoms with E-state index in [0.29, 0.717) is 36.3 Å². The largest absolute Gasteiger partial charge is 0.490 e. The molecular formula is C43H48F3N7O5. The monoisotopic (exact) mass is 799 g/mol. The van der Waals surface area contributed by atoms with E-state index in [0.717, 1.165) is 62.9 Å². The van der Waals surface area contributed by atoms with Crippen LogP contribution in [0.15, 0.2) is 97.3 Å². The molecule has 3 N–H and O–H groups in total. The molecule has 3 aliphatic rings. The topological polar surface area (TPSA) is 138 Å². The molecule has 3 aromatic carbocycles. The molecule has 0 radical (unpaired) electrons. The highest BCUT2D eigenvalue weighted by atomic mass is 19.4. The number of ether oxygens (including phenoxy) is 2. The van der Waals surface area contributed by atoms with Crippen molar-refractivity contribution in [3.63, 3.8) is 0 Å². The van der Waals surface area contributed by atoms with Gasteiger partial charge in [-0.2, -0.15) is 23.1 Å². The van der Waals surface area contributed by atoms with Gasteiger partial charge in [0, 0.05) is 31.6 Å². The van der Waals surface area contributed by atoms with Crippen LogP contribution in [0.4, 0.5) is 24.9 Å². The SMILES string of the molecule is O=C(O[C@@H]1[C@H](O)[C@@H](CO)O[C@H]1n1cnc2c(NCC(c3ccccc3)c3ccccc3)nc(N3CCC[C@@H]3CN3CCC(Cc4ccccc4)CC3)nc21)C(F)(F)F. The summed E-state index contributed by atoms with van der Waals surface area (Å²) in [7, 11) is 0. The number of halogens is 3. The molecule has 306 valence electrons. The molecule has 0 spiro atoms. The van der Waals surface area contributed by atoms with Crippen molar-refractivity contribution in [3.05, 3.63) is 114 Å². The fourth-order valence-corrected chi connectivity index (χ4v) is 8.66. The molecular weight excluding hydrogens is 752 g/mol. The lowest BCUT2D eigenvalue weighted by Gasteiger charge is -2.36. The fraction of sp³-hybridized carbons (Fsp3) is 0.442. The smallest absolute Gasteiger partial charge is 0.448 e. The molecule has 8 rings (SSSR count). The van der Waals surface area contributed by atoms with Gasteiger partial charge in [-0.05, 0) is 67.8 Å². The molecule has 3 saturated heterocycles. The van der Waals surface area contributed by atoms with E-state index in [9.17, 15) is 28.2 Å². The second-order valence-corrected chi connectivity index (χ2v) is 15.5. The van der Waals surface area contributed by atoms with Gasteiger partial charge < -0.3 is 34.8 Å². The molecule has 0 saturated carbocycles. The lowest BCUT2D eigenvalue weighted by molar-refractivity contribution is -0.211. The Labute approximate surface area is 334 Å². The van der Waals surface area contributed by atoms with Gasteiger partial charge in [0.2, 0.25) is 5.95 Å². The van der Waals surface area contributed by atoms with Gasteiger partial charge in [0.25, 0.3) is 0 Å². The Kier molecular flexibility index (Phi) is 11.9. The van der Waals surface area contributed by atoms with Gasteiger partial charge in [-0.25, -0.2) is 9.78 Å². The van der Waals surface area contributed by atoms with Crippen molar-refractivity contribution >= 4 is 28.9 Å². The zero-order valence-corrected chi connectivity index (χ0v) is 32.0. The normalized spacial score (nSPS) is 23.2. The predicted molar refractivity (Wildman–Crippen MR) is 211 cm³/mol. The van der Waals surface area contributed by atoms with Crippen molar-refractivity contribution in [2.45, 2.75) is 74.8 Å². The number of carbonyl (C=O) groups is 1. The Hall–Kier alpha value is -5.09. The van der Waals surface area contributed by atoms with Gasteiger partial charge in [0.15, 0.2) is 29.3 Å². The van der Waals surface area contributed by atoms with Gasteiger partial charge >= 0.3 is 12.1 Å². The van der Waals surface area contributed by atoms with Gasteiger partial charge in [-0.1, -0.05) is 91.0 Å². The van der Waals surface area contributed by atoms with Crippen LogP contribution in [-0.2, 0) is 20.7 Å². The standard InChI is InChI=1S/C43H48F3N7O5/c44-43(45,46)41(56)58-37-36(55)34(26-54)57-40(37)53-27-48-35-38(47-24-33(30-13-6-2-7-14-30)31-15-8-3-9-16-31)49-42(50-39(35)53)52-20-10-17-32(52)25-51-21-18-29(19-22-51)23-28-11-4-1-5-12-28/h1-9,11-16,27,29,32-34,36-37,40,54-55H,10,17-26H2,(H,47,49,50)/t32-,34-,36-,37-,40-/m1/s1. The average molecular weight is 800 g/mol. The number of piperidine rings is 1. The summed E-state index contributed by atoms with van der Waals surface area (Å²) in [6, 6.07) is 30.9. The summed E-state index contributed by atoms with van der Waals surface area (Å²) >= 11 is 0. The molecule has 12 nitrogen and oxygen atoms in total. The number of alkyl halides is 3. The molecule has 5 heterocycles. The summed E-state index contributed by atoms with van der Waals surface area (Å²) in [5.41, 5.74) is 4.06. The van der Waals surface area contributed by atoms with Crippen LogP contribution >= 0.6 is 0 Å². The summed E-state index contributed by atoms with van der Waals surface area (Å²) in [5, 5.41) is 24.4. The van der Waals surface area contributed by atoms with Gasteiger partial charge in [0.05, 0.1) is 12.9 Å². The number of aliphatic hydroxyl groups is 2. The van der Waals surface area contributed by atoms with Crippen LogP contribution in [0.1, 0.15) is 54.5 Å². The number of nitrogens with zero attached hydrogens (tertiary/aromatic N) is 6. The van der Waals surface area contributed by atoms with Crippen LogP contribution in [0.3, 0.4) is 0 Å². The average Bonchev–Trinajstić information content (AvgIpc) is 3.96. The quantitative estimate of drug-likeness (QED) is 0.126. The Balaban J connectivity index is 1.10. The van der Waals surface area contributed by atoms with E-state index in [1.54, 1.807) is 0 Å². The molecule has 3 aliphatic heterocycles. The highest BCUT2D eigenvalue weighted by molar-refractivity contribution is 5.84. The first-order chi connectivity index (χ1) is 28.2. The number of aromatic nitrogens is 4. The van der Waals surface area contributed by atoms with Gasteiger partial charge in [0.1, 0.15) is 12.2 Å². The minimum Gasteiger partial charge on any atom is -0.448 e. The van der Waals surface area contributed by atoms with Crippen molar-refractivity contribution < 1.29 is 37.7 Å². The molecule has 15 heteroatoms. The zero-order valence-electron chi connectivity index (χ0n) is 32.0. The van der Waals surface area contributed by atoms with Gasteiger partial charge in [-0.3, -0.25) is 4.57 Å². The maximum atomic E-state index is 13.4. The van der Waals surface area contributed by atoms with E-state index in [1.807, 2.05) is 42.5 Å². The highest BCUT2D eigenvalue weighted by Gasteiger charge is 2.51. The van der Waals surface area contributed by atoms with Crippen LogP contribution < -0.4 is 10.2 Å². The van der Waals surface area contributed by atoms with Crippen LogP contribution in [0.5, 0.6) is 0 Å². The van der Waals surface area contributed by atoms with Crippen LogP contribution in [0.2, 0.25) is 0 Å². The molecule has 5 atom stereocenters. The van der Waals surface area contributed by atoms with E-state index in [-0.39, 0.29) is 17.6 Å². The van der Waals surface area contributed by atoms with Crippen molar-refractivity contribution in [2.24, 2.45) is 5.92 Å². The van der Waals surface area contributed by atoms with E-state index < -0.39 is 43.3 Å². The number of benzene rings is 3. The Bertz CT molecular complexity index is 2080. The number of fused-ring (bicyclic) bond motifs is 1. The molecule has 5 aromatic rings. The van der Waals surface area contributed by atoms with E-state index in [2.05, 4.69) is 68.6 Å². The number of aliphatic hydroxyl groups excluding tert-OH is 2. The van der Waals surface area contributed by atoms with Crippen molar-refractivity contribution in [2.75, 3.05) is 49.5 Å². The number of hydrogen-bond acceptors (Lipinski definition) is 11. The number of rotatable bonds is 13. The van der Waals surface area contributed by atoms with E-state index in [1.165, 1.54) is 16.5 Å². The van der Waals surface area contributed by atoms with Crippen LogP contribution in [0, 0.1) is 5.92 Å². The maximum Gasteiger partial charge on any atom is 0.490 e. The second-order valence-electron chi connectivity index (χ2n) is 15.5. The van der Waals surface area contributed by atoms with E-state index >= 15 is 0 Å². The molecule has 0 bridgehead atoms. The summed E-state index contributed by atoms with van der Waals surface area (Å²) in [5.74, 6) is -1.11. The van der Waals surface area contributed by atoms with Crippen LogP contribution in [0.25, 0.3) is 11.2 Å². The third kappa shape index (κ3) is 8.67. The Morgan fingerprint density at radius 2 is 1.57 bits per heavy atom. The van der Waals surface area contributed by atoms with Crippen molar-refractivity contribution in [1.82, 2.24) is 24.4 Å². The molecule has 2 aromatic heterocycles. The first kappa shape index (κ1) is 39.7. The number of hydrogen-bond donors (Lipinski definition) is 3. The molecule has 0 unspecified atom stereocenters. The predicted octanol–water partition coefficient (Wildman–Crippen LogP) is 5.72. The summed E-state index contributed by atoms with van der Waals surface area (Å²) in [6.07, 6.45) is -5.21. The summed E-state index contributed by atoms with van der Waals surface area (Å²) < 4.78 is 52.3. The molecule has 0 aliphatic carbocycles. The zero-order chi connectivity index (χ0) is 40.2. The molecule has 3 fully saturated rings. The second kappa shape index (κ2) is 17.4. The number of carbonyl (C=O) groups excluding carboxylic acids is 1. The third-order valence-electron chi connectivity index (χ3n) is 11.7. The fourth-order valence-electron chi connectivity index (χ4n) is 8.66. The highest BCUT2D eigenvalue weighted by Crippen LogP contribution is 2.37. The molecule has 58 heavy (non-hydrogen) atoms. The number of likely N-dealkylation sites (tertiary alicyclic amines) is 1. The third-order valence-corrected chi connectivity index (χ3v) is 11.7. The lowest BCUT2D eigenvalue weighted by atomic mass is 9.90. The maximum absolute atomic E-state index is 13.4. The minimum atomic E-state index is -5.32. The van der Waals surface area contributed by atoms with Crippen molar-refractivity contribution in [1.29, 1.82) is 0 Å². The number of imidazole rings is 1. The number of nitrogens with one attached hydrogen (secondary N) is 1. The first-order valence-electron chi connectivity index (χ1n) is 20.0. The van der Waals surface area contributed by atoms with E-state index in [4.69, 9.17) is 19.4 Å². The lowest BCUT2D eigenvalue weighted by Crippen LogP contribution is -2.44. The van der Waals surface area contributed by atoms with Crippen molar-refractivity contribution in [3.8, 4) is 0 Å². The number of anilines is 2. The summed E-state index contributed by atoms with van der Waals surface area (Å²) in [4.78, 5) is 31.4. The summed E-state index contributed by atoms with van der Waals surface area (Å²) in [6.45, 7) is 3.21.